The van der Waals surface area contributed by atoms with Gasteiger partial charge in [0.2, 0.25) is 5.91 Å². The van der Waals surface area contributed by atoms with Gasteiger partial charge < -0.3 is 10.6 Å². The monoisotopic (exact) mass is 292 g/mol. The molecule has 7 heteroatoms. The minimum absolute atomic E-state index is 0.0345. The highest BCUT2D eigenvalue weighted by Gasteiger charge is 2.35. The summed E-state index contributed by atoms with van der Waals surface area (Å²) in [6.45, 7) is 7.04. The molecule has 1 aromatic rings. The highest BCUT2D eigenvalue weighted by molar-refractivity contribution is 5.97. The molecule has 0 bridgehead atoms. The van der Waals surface area contributed by atoms with Gasteiger partial charge in [-0.3, -0.25) is 19.8 Å². The van der Waals surface area contributed by atoms with E-state index < -0.39 is 10.5 Å². The van der Waals surface area contributed by atoms with Crippen LogP contribution in [-0.4, -0.2) is 47.4 Å². The van der Waals surface area contributed by atoms with Gasteiger partial charge in [-0.25, -0.2) is 0 Å². The normalized spacial score (nSPS) is 16.5. The predicted octanol–water partition coefficient (Wildman–Crippen LogP) is 1.22. The Morgan fingerprint density at radius 3 is 2.67 bits per heavy atom. The number of carbonyl (C=O) groups excluding carboxylic acids is 1. The summed E-state index contributed by atoms with van der Waals surface area (Å²) in [6.07, 6.45) is 0. The Kier molecular flexibility index (Phi) is 4.54. The van der Waals surface area contributed by atoms with Crippen LogP contribution in [0.1, 0.15) is 13.8 Å². The van der Waals surface area contributed by atoms with Gasteiger partial charge >= 0.3 is 0 Å². The standard InChI is InChI=1S/C14H20N4O3/c1-14(2,17-8-6-15-7-9-17)13(19)16-11-4-3-5-12(10-11)18(20)21/h3-5,10,15H,6-9H2,1-2H3,(H,16,19). The van der Waals surface area contributed by atoms with Crippen molar-refractivity contribution in [1.82, 2.24) is 10.2 Å². The number of amides is 1. The Hall–Kier alpha value is -1.99. The molecule has 0 radical (unpaired) electrons. The zero-order valence-electron chi connectivity index (χ0n) is 12.3. The molecule has 1 heterocycles. The summed E-state index contributed by atoms with van der Waals surface area (Å²) in [5.74, 6) is -0.162. The van der Waals surface area contributed by atoms with Crippen molar-refractivity contribution < 1.29 is 9.72 Å². The van der Waals surface area contributed by atoms with Gasteiger partial charge in [-0.2, -0.15) is 0 Å². The molecule has 1 amide bonds. The topological polar surface area (TPSA) is 87.5 Å². The van der Waals surface area contributed by atoms with Gasteiger partial charge in [-0.15, -0.1) is 0 Å². The second-order valence-corrected chi connectivity index (χ2v) is 5.56. The molecule has 1 saturated heterocycles. The molecule has 0 saturated carbocycles. The van der Waals surface area contributed by atoms with Crippen LogP contribution in [0.5, 0.6) is 0 Å². The van der Waals surface area contributed by atoms with Gasteiger partial charge in [0.1, 0.15) is 0 Å². The van der Waals surface area contributed by atoms with Gasteiger partial charge in [0.25, 0.3) is 5.69 Å². The van der Waals surface area contributed by atoms with E-state index in [-0.39, 0.29) is 11.6 Å². The molecule has 1 fully saturated rings. The molecule has 114 valence electrons. The SMILES string of the molecule is CC(C)(C(=O)Nc1cccc([N+](=O)[O-])c1)N1CCNCC1. The van der Waals surface area contributed by atoms with E-state index in [1.165, 1.54) is 12.1 Å². The van der Waals surface area contributed by atoms with Gasteiger partial charge in [0.15, 0.2) is 0 Å². The number of benzene rings is 1. The van der Waals surface area contributed by atoms with E-state index in [1.807, 2.05) is 13.8 Å². The van der Waals surface area contributed by atoms with E-state index in [4.69, 9.17) is 0 Å². The number of carbonyl (C=O) groups is 1. The number of hydrogen-bond donors (Lipinski definition) is 2. The molecule has 0 unspecified atom stereocenters. The fourth-order valence-electron chi connectivity index (χ4n) is 2.35. The molecule has 2 rings (SSSR count). The van der Waals surface area contributed by atoms with Crippen LogP contribution < -0.4 is 10.6 Å². The number of nitro benzene ring substituents is 1. The fraction of sp³-hybridized carbons (Fsp3) is 0.500. The second-order valence-electron chi connectivity index (χ2n) is 5.56. The third-order valence-corrected chi connectivity index (χ3v) is 3.78. The Labute approximate surface area is 123 Å². The first-order valence-electron chi connectivity index (χ1n) is 6.93. The lowest BCUT2D eigenvalue weighted by molar-refractivity contribution is -0.384. The number of nitrogens with zero attached hydrogens (tertiary/aromatic N) is 2. The minimum atomic E-state index is -0.660. The van der Waals surface area contributed by atoms with Crippen molar-refractivity contribution in [3.8, 4) is 0 Å². The van der Waals surface area contributed by atoms with Gasteiger partial charge in [-0.1, -0.05) is 6.07 Å². The second kappa shape index (κ2) is 6.19. The van der Waals surface area contributed by atoms with E-state index in [0.29, 0.717) is 5.69 Å². The minimum Gasteiger partial charge on any atom is -0.324 e. The number of anilines is 1. The Morgan fingerprint density at radius 1 is 1.38 bits per heavy atom. The smallest absolute Gasteiger partial charge is 0.271 e. The zero-order chi connectivity index (χ0) is 15.5. The largest absolute Gasteiger partial charge is 0.324 e. The van der Waals surface area contributed by atoms with Crippen molar-refractivity contribution in [1.29, 1.82) is 0 Å². The van der Waals surface area contributed by atoms with Gasteiger partial charge in [-0.05, 0) is 19.9 Å². The van der Waals surface area contributed by atoms with Crippen molar-refractivity contribution in [3.63, 3.8) is 0 Å². The Bertz CT molecular complexity index is 539. The fourth-order valence-corrected chi connectivity index (χ4v) is 2.35. The molecule has 2 N–H and O–H groups in total. The van der Waals surface area contributed by atoms with Crippen molar-refractivity contribution in [2.45, 2.75) is 19.4 Å². The van der Waals surface area contributed by atoms with E-state index in [0.717, 1.165) is 26.2 Å². The zero-order valence-corrected chi connectivity index (χ0v) is 12.3. The van der Waals surface area contributed by atoms with E-state index in [1.54, 1.807) is 12.1 Å². The maximum atomic E-state index is 12.5. The summed E-state index contributed by atoms with van der Waals surface area (Å²) in [5.41, 5.74) is -0.252. The number of hydrogen-bond acceptors (Lipinski definition) is 5. The summed E-state index contributed by atoms with van der Waals surface area (Å²) >= 11 is 0. The van der Waals surface area contributed by atoms with Crippen LogP contribution in [-0.2, 0) is 4.79 Å². The van der Waals surface area contributed by atoms with Crippen molar-refractivity contribution >= 4 is 17.3 Å². The van der Waals surface area contributed by atoms with E-state index in [2.05, 4.69) is 15.5 Å². The average Bonchev–Trinajstić information content (AvgIpc) is 2.48. The van der Waals surface area contributed by atoms with Crippen LogP contribution in [0.15, 0.2) is 24.3 Å². The molecule has 0 spiro atoms. The number of piperazine rings is 1. The molecular weight excluding hydrogens is 272 g/mol. The molecule has 1 aromatic carbocycles. The molecule has 0 atom stereocenters. The summed E-state index contributed by atoms with van der Waals surface area (Å²) < 4.78 is 0. The van der Waals surface area contributed by atoms with E-state index in [9.17, 15) is 14.9 Å². The summed E-state index contributed by atoms with van der Waals surface area (Å²) in [6, 6.07) is 5.98. The van der Waals surface area contributed by atoms with Crippen LogP contribution in [0, 0.1) is 10.1 Å². The van der Waals surface area contributed by atoms with Crippen LogP contribution in [0.25, 0.3) is 0 Å². The lowest BCUT2D eigenvalue weighted by Gasteiger charge is -2.39. The quantitative estimate of drug-likeness (QED) is 0.643. The Morgan fingerprint density at radius 2 is 2.05 bits per heavy atom. The molecular formula is C14H20N4O3. The number of non-ortho nitro benzene ring substituents is 1. The average molecular weight is 292 g/mol. The summed E-state index contributed by atoms with van der Waals surface area (Å²) in [7, 11) is 0. The van der Waals surface area contributed by atoms with Crippen LogP contribution in [0.3, 0.4) is 0 Å². The third kappa shape index (κ3) is 3.56. The number of rotatable bonds is 4. The first-order valence-corrected chi connectivity index (χ1v) is 6.93. The molecule has 1 aliphatic heterocycles. The molecule has 7 nitrogen and oxygen atoms in total. The van der Waals surface area contributed by atoms with Crippen LogP contribution >= 0.6 is 0 Å². The first-order chi connectivity index (χ1) is 9.91. The highest BCUT2D eigenvalue weighted by atomic mass is 16.6. The van der Waals surface area contributed by atoms with Crippen molar-refractivity contribution in [2.24, 2.45) is 0 Å². The summed E-state index contributed by atoms with van der Waals surface area (Å²) in [4.78, 5) is 24.9. The lowest BCUT2D eigenvalue weighted by Crippen LogP contribution is -2.58. The maximum Gasteiger partial charge on any atom is 0.271 e. The molecule has 0 aromatic heterocycles. The maximum absolute atomic E-state index is 12.5. The molecule has 0 aliphatic carbocycles. The Balaban J connectivity index is 2.09. The first kappa shape index (κ1) is 15.4. The summed E-state index contributed by atoms with van der Waals surface area (Å²) in [5, 5.41) is 16.8. The van der Waals surface area contributed by atoms with Crippen LogP contribution in [0.4, 0.5) is 11.4 Å². The number of nitro groups is 1. The van der Waals surface area contributed by atoms with Gasteiger partial charge in [0, 0.05) is 44.0 Å². The molecule has 1 aliphatic rings. The van der Waals surface area contributed by atoms with Crippen molar-refractivity contribution in [2.75, 3.05) is 31.5 Å². The molecule has 21 heavy (non-hydrogen) atoms. The third-order valence-electron chi connectivity index (χ3n) is 3.78. The highest BCUT2D eigenvalue weighted by Crippen LogP contribution is 2.21. The predicted molar refractivity (Wildman–Crippen MR) is 80.2 cm³/mol. The van der Waals surface area contributed by atoms with E-state index >= 15 is 0 Å². The van der Waals surface area contributed by atoms with Crippen LogP contribution in [0.2, 0.25) is 0 Å². The lowest BCUT2D eigenvalue weighted by atomic mass is 10.0. The van der Waals surface area contributed by atoms with Gasteiger partial charge in [0.05, 0.1) is 10.5 Å². The number of nitrogens with one attached hydrogen (secondary N) is 2. The van der Waals surface area contributed by atoms with Crippen molar-refractivity contribution in [3.05, 3.63) is 34.4 Å².